The van der Waals surface area contributed by atoms with E-state index in [0.29, 0.717) is 12.8 Å². The summed E-state index contributed by atoms with van der Waals surface area (Å²) in [4.78, 5) is 4.25. The molecule has 0 aromatic carbocycles. The van der Waals surface area contributed by atoms with E-state index in [9.17, 15) is 4.39 Å². The van der Waals surface area contributed by atoms with Crippen molar-refractivity contribution in [2.45, 2.75) is 38.8 Å². The van der Waals surface area contributed by atoms with Gasteiger partial charge >= 0.3 is 0 Å². The Balaban J connectivity index is 2.64. The van der Waals surface area contributed by atoms with Gasteiger partial charge in [0.05, 0.1) is 10.7 Å². The maximum absolute atomic E-state index is 14.1. The highest BCUT2D eigenvalue weighted by atomic mass is 32.1. The molecule has 0 aliphatic heterocycles. The van der Waals surface area contributed by atoms with Crippen LogP contribution in [0.5, 0.6) is 0 Å². The van der Waals surface area contributed by atoms with Crippen LogP contribution in [0.3, 0.4) is 0 Å². The first kappa shape index (κ1) is 11.6. The highest BCUT2D eigenvalue weighted by molar-refractivity contribution is 7.09. The van der Waals surface area contributed by atoms with E-state index in [0.717, 1.165) is 17.1 Å². The van der Waals surface area contributed by atoms with Crippen molar-refractivity contribution in [2.75, 3.05) is 6.54 Å². The minimum Gasteiger partial charge on any atom is -0.328 e. The minimum atomic E-state index is -1.27. The molecule has 1 atom stereocenters. The highest BCUT2D eigenvalue weighted by Gasteiger charge is 2.28. The van der Waals surface area contributed by atoms with E-state index in [2.05, 4.69) is 4.98 Å². The molecule has 0 saturated carbocycles. The van der Waals surface area contributed by atoms with Gasteiger partial charge in [-0.3, -0.25) is 0 Å². The number of thiazole rings is 1. The Bertz CT molecular complexity index is 287. The molecule has 0 amide bonds. The standard InChI is InChI=1S/C10H17FN2S/c1-3-4-10(11,7-12)5-9-6-14-8(2)13-9/h6H,3-5,7,12H2,1-2H3. The van der Waals surface area contributed by atoms with Gasteiger partial charge in [0.15, 0.2) is 0 Å². The Kier molecular flexibility index (Phi) is 4.01. The van der Waals surface area contributed by atoms with Gasteiger partial charge in [0, 0.05) is 18.3 Å². The van der Waals surface area contributed by atoms with Crippen molar-refractivity contribution in [3.05, 3.63) is 16.1 Å². The van der Waals surface area contributed by atoms with Gasteiger partial charge in [-0.1, -0.05) is 13.3 Å². The van der Waals surface area contributed by atoms with Crippen molar-refractivity contribution in [1.29, 1.82) is 0 Å². The third-order valence-corrected chi connectivity index (χ3v) is 3.05. The molecule has 0 bridgehead atoms. The lowest BCUT2D eigenvalue weighted by molar-refractivity contribution is 0.157. The van der Waals surface area contributed by atoms with Crippen LogP contribution >= 0.6 is 11.3 Å². The van der Waals surface area contributed by atoms with Crippen LogP contribution in [-0.2, 0) is 6.42 Å². The molecule has 80 valence electrons. The van der Waals surface area contributed by atoms with Crippen LogP contribution in [0.25, 0.3) is 0 Å². The molecule has 0 fully saturated rings. The first-order chi connectivity index (χ1) is 6.59. The fourth-order valence-corrected chi connectivity index (χ4v) is 2.14. The van der Waals surface area contributed by atoms with Crippen molar-refractivity contribution in [3.8, 4) is 0 Å². The van der Waals surface area contributed by atoms with E-state index in [1.165, 1.54) is 0 Å². The molecule has 0 spiro atoms. The van der Waals surface area contributed by atoms with Gasteiger partial charge in [-0.15, -0.1) is 11.3 Å². The number of hydrogen-bond donors (Lipinski definition) is 1. The Hall–Kier alpha value is -0.480. The van der Waals surface area contributed by atoms with Gasteiger partial charge in [0.2, 0.25) is 0 Å². The topological polar surface area (TPSA) is 38.9 Å². The average Bonchev–Trinajstić information content (AvgIpc) is 2.51. The lowest BCUT2D eigenvalue weighted by Gasteiger charge is -2.21. The van der Waals surface area contributed by atoms with Crippen LogP contribution in [0.4, 0.5) is 4.39 Å². The monoisotopic (exact) mass is 216 g/mol. The molecule has 1 heterocycles. The molecular weight excluding hydrogens is 199 g/mol. The normalized spacial score (nSPS) is 15.4. The first-order valence-corrected chi connectivity index (χ1v) is 5.77. The minimum absolute atomic E-state index is 0.0808. The Labute approximate surface area is 88.4 Å². The van der Waals surface area contributed by atoms with Crippen molar-refractivity contribution >= 4 is 11.3 Å². The molecule has 1 aromatic heterocycles. The third kappa shape index (κ3) is 3.03. The maximum atomic E-state index is 14.1. The molecule has 0 aliphatic rings. The summed E-state index contributed by atoms with van der Waals surface area (Å²) in [5, 5.41) is 2.89. The van der Waals surface area contributed by atoms with Gasteiger partial charge < -0.3 is 5.73 Å². The summed E-state index contributed by atoms with van der Waals surface area (Å²) < 4.78 is 14.1. The van der Waals surface area contributed by atoms with Crippen LogP contribution < -0.4 is 5.73 Å². The van der Waals surface area contributed by atoms with E-state index < -0.39 is 5.67 Å². The molecular formula is C10H17FN2S. The number of halogens is 1. The van der Waals surface area contributed by atoms with Crippen molar-refractivity contribution in [1.82, 2.24) is 4.98 Å². The summed E-state index contributed by atoms with van der Waals surface area (Å²) in [5.74, 6) is 0. The lowest BCUT2D eigenvalue weighted by atomic mass is 9.95. The number of aromatic nitrogens is 1. The zero-order valence-electron chi connectivity index (χ0n) is 8.72. The lowest BCUT2D eigenvalue weighted by Crippen LogP contribution is -2.35. The number of nitrogens with two attached hydrogens (primary N) is 1. The molecule has 4 heteroatoms. The Morgan fingerprint density at radius 3 is 2.79 bits per heavy atom. The van der Waals surface area contributed by atoms with Gasteiger partial charge in [-0.05, 0) is 13.3 Å². The van der Waals surface area contributed by atoms with Crippen LogP contribution in [-0.4, -0.2) is 17.2 Å². The Morgan fingerprint density at radius 1 is 1.64 bits per heavy atom. The number of alkyl halides is 1. The van der Waals surface area contributed by atoms with E-state index in [1.54, 1.807) is 11.3 Å². The third-order valence-electron chi connectivity index (χ3n) is 2.23. The number of nitrogens with zero attached hydrogens (tertiary/aromatic N) is 1. The fourth-order valence-electron chi connectivity index (χ4n) is 1.52. The first-order valence-electron chi connectivity index (χ1n) is 4.89. The molecule has 0 aliphatic carbocycles. The molecule has 0 saturated heterocycles. The van der Waals surface area contributed by atoms with Crippen LogP contribution in [0.2, 0.25) is 0 Å². The van der Waals surface area contributed by atoms with E-state index in [1.807, 2.05) is 19.2 Å². The van der Waals surface area contributed by atoms with E-state index >= 15 is 0 Å². The number of aryl methyl sites for hydroxylation is 1. The van der Waals surface area contributed by atoms with Crippen molar-refractivity contribution in [2.24, 2.45) is 5.73 Å². The molecule has 1 rings (SSSR count). The number of rotatable bonds is 5. The smallest absolute Gasteiger partial charge is 0.128 e. The molecule has 2 N–H and O–H groups in total. The highest BCUT2D eigenvalue weighted by Crippen LogP contribution is 2.23. The van der Waals surface area contributed by atoms with E-state index in [4.69, 9.17) is 5.73 Å². The van der Waals surface area contributed by atoms with Gasteiger partial charge in [-0.2, -0.15) is 0 Å². The SMILES string of the molecule is CCCC(F)(CN)Cc1csc(C)n1. The second-order valence-corrected chi connectivity index (χ2v) is 4.70. The predicted molar refractivity (Wildman–Crippen MR) is 58.4 cm³/mol. The summed E-state index contributed by atoms with van der Waals surface area (Å²) >= 11 is 1.56. The molecule has 1 aromatic rings. The van der Waals surface area contributed by atoms with Crippen molar-refractivity contribution in [3.63, 3.8) is 0 Å². The second kappa shape index (κ2) is 4.84. The zero-order valence-corrected chi connectivity index (χ0v) is 9.53. The fraction of sp³-hybridized carbons (Fsp3) is 0.700. The summed E-state index contributed by atoms with van der Waals surface area (Å²) in [6.45, 7) is 3.98. The van der Waals surface area contributed by atoms with Gasteiger partial charge in [0.25, 0.3) is 0 Å². The van der Waals surface area contributed by atoms with Crippen molar-refractivity contribution < 1.29 is 4.39 Å². The molecule has 14 heavy (non-hydrogen) atoms. The average molecular weight is 216 g/mol. The van der Waals surface area contributed by atoms with Crippen LogP contribution in [0.15, 0.2) is 5.38 Å². The largest absolute Gasteiger partial charge is 0.328 e. The van der Waals surface area contributed by atoms with E-state index in [-0.39, 0.29) is 6.54 Å². The van der Waals surface area contributed by atoms with Gasteiger partial charge in [0.1, 0.15) is 5.67 Å². The molecule has 2 nitrogen and oxygen atoms in total. The summed E-state index contributed by atoms with van der Waals surface area (Å²) in [5.41, 5.74) is 5.01. The van der Waals surface area contributed by atoms with Crippen LogP contribution in [0.1, 0.15) is 30.5 Å². The summed E-state index contributed by atoms with van der Waals surface area (Å²) in [6, 6.07) is 0. The quantitative estimate of drug-likeness (QED) is 0.821. The summed E-state index contributed by atoms with van der Waals surface area (Å²) in [7, 11) is 0. The molecule has 0 radical (unpaired) electrons. The summed E-state index contributed by atoms with van der Waals surface area (Å²) in [6.07, 6.45) is 1.68. The number of hydrogen-bond acceptors (Lipinski definition) is 3. The molecule has 1 unspecified atom stereocenters. The Morgan fingerprint density at radius 2 is 2.36 bits per heavy atom. The zero-order chi connectivity index (χ0) is 10.6. The second-order valence-electron chi connectivity index (χ2n) is 3.64. The van der Waals surface area contributed by atoms with Gasteiger partial charge in [-0.25, -0.2) is 9.37 Å². The van der Waals surface area contributed by atoms with Crippen LogP contribution in [0, 0.1) is 6.92 Å². The predicted octanol–water partition coefficient (Wildman–Crippen LogP) is 2.46. The maximum Gasteiger partial charge on any atom is 0.128 e.